The summed E-state index contributed by atoms with van der Waals surface area (Å²) in [6.07, 6.45) is 4.10. The van der Waals surface area contributed by atoms with Crippen LogP contribution >= 0.6 is 15.9 Å². The molecule has 0 atom stereocenters. The SMILES string of the molecule is COCC1=CCN(c2ccc(C=O)cc2Br)CC1. The summed E-state index contributed by atoms with van der Waals surface area (Å²) in [5, 5.41) is 0. The van der Waals surface area contributed by atoms with Crippen LogP contribution in [-0.2, 0) is 4.74 Å². The van der Waals surface area contributed by atoms with Gasteiger partial charge in [-0.3, -0.25) is 4.79 Å². The highest BCUT2D eigenvalue weighted by atomic mass is 79.9. The molecule has 1 aromatic rings. The van der Waals surface area contributed by atoms with E-state index in [0.29, 0.717) is 5.56 Å². The van der Waals surface area contributed by atoms with Gasteiger partial charge in [-0.1, -0.05) is 6.08 Å². The van der Waals surface area contributed by atoms with Crippen molar-refractivity contribution in [1.29, 1.82) is 0 Å². The lowest BCUT2D eigenvalue weighted by Gasteiger charge is -2.29. The molecule has 1 heterocycles. The fraction of sp³-hybridized carbons (Fsp3) is 0.357. The van der Waals surface area contributed by atoms with E-state index in [1.165, 1.54) is 5.57 Å². The zero-order valence-electron chi connectivity index (χ0n) is 10.4. The van der Waals surface area contributed by atoms with Gasteiger partial charge in [-0.25, -0.2) is 0 Å². The summed E-state index contributed by atoms with van der Waals surface area (Å²) in [6.45, 7) is 2.59. The molecule has 0 bridgehead atoms. The topological polar surface area (TPSA) is 29.5 Å². The molecule has 1 aliphatic rings. The smallest absolute Gasteiger partial charge is 0.150 e. The maximum Gasteiger partial charge on any atom is 0.150 e. The molecule has 96 valence electrons. The van der Waals surface area contributed by atoms with E-state index >= 15 is 0 Å². The van der Waals surface area contributed by atoms with E-state index in [4.69, 9.17) is 4.74 Å². The van der Waals surface area contributed by atoms with Gasteiger partial charge in [0.25, 0.3) is 0 Å². The molecule has 0 aromatic heterocycles. The molecular formula is C14H16BrNO2. The van der Waals surface area contributed by atoms with Crippen LogP contribution in [0.25, 0.3) is 0 Å². The molecule has 0 saturated heterocycles. The normalized spacial score (nSPS) is 15.4. The van der Waals surface area contributed by atoms with E-state index in [1.54, 1.807) is 7.11 Å². The average molecular weight is 310 g/mol. The summed E-state index contributed by atoms with van der Waals surface area (Å²) in [4.78, 5) is 13.0. The second-order valence-corrected chi connectivity index (χ2v) is 5.17. The van der Waals surface area contributed by atoms with Crippen LogP contribution in [-0.4, -0.2) is 33.1 Å². The number of aldehydes is 1. The Kier molecular flexibility index (Phi) is 4.55. The molecule has 1 aliphatic heterocycles. The Morgan fingerprint density at radius 3 is 2.89 bits per heavy atom. The predicted octanol–water partition coefficient (Wildman–Crippen LogP) is 3.04. The van der Waals surface area contributed by atoms with Crippen LogP contribution in [0.2, 0.25) is 0 Å². The Labute approximate surface area is 116 Å². The highest BCUT2D eigenvalue weighted by Gasteiger charge is 2.14. The van der Waals surface area contributed by atoms with Crippen molar-refractivity contribution in [2.45, 2.75) is 6.42 Å². The lowest BCUT2D eigenvalue weighted by Crippen LogP contribution is -2.29. The van der Waals surface area contributed by atoms with Crippen molar-refractivity contribution in [3.63, 3.8) is 0 Å². The van der Waals surface area contributed by atoms with Crippen molar-refractivity contribution < 1.29 is 9.53 Å². The van der Waals surface area contributed by atoms with Crippen LogP contribution in [0.4, 0.5) is 5.69 Å². The van der Waals surface area contributed by atoms with Crippen molar-refractivity contribution >= 4 is 27.9 Å². The van der Waals surface area contributed by atoms with Crippen LogP contribution in [0.15, 0.2) is 34.3 Å². The van der Waals surface area contributed by atoms with E-state index in [2.05, 4.69) is 26.9 Å². The summed E-state index contributed by atoms with van der Waals surface area (Å²) in [7, 11) is 1.72. The monoisotopic (exact) mass is 309 g/mol. The first-order chi connectivity index (χ1) is 8.74. The molecule has 0 aliphatic carbocycles. The third-order valence-corrected chi connectivity index (χ3v) is 3.72. The number of hydrogen-bond acceptors (Lipinski definition) is 3. The van der Waals surface area contributed by atoms with Crippen LogP contribution in [0.3, 0.4) is 0 Å². The molecule has 1 aromatic carbocycles. The zero-order chi connectivity index (χ0) is 13.0. The van der Waals surface area contributed by atoms with Crippen molar-refractivity contribution in [3.05, 3.63) is 39.9 Å². The predicted molar refractivity (Wildman–Crippen MR) is 76.3 cm³/mol. The quantitative estimate of drug-likeness (QED) is 0.632. The van der Waals surface area contributed by atoms with E-state index in [9.17, 15) is 4.79 Å². The molecule has 2 rings (SSSR count). The van der Waals surface area contributed by atoms with Crippen molar-refractivity contribution in [1.82, 2.24) is 0 Å². The van der Waals surface area contributed by atoms with Gasteiger partial charge < -0.3 is 9.64 Å². The zero-order valence-corrected chi connectivity index (χ0v) is 11.9. The Hall–Kier alpha value is -1.13. The van der Waals surface area contributed by atoms with Gasteiger partial charge in [-0.2, -0.15) is 0 Å². The third kappa shape index (κ3) is 3.00. The van der Waals surface area contributed by atoms with Gasteiger partial charge in [-0.05, 0) is 46.1 Å². The molecule has 0 radical (unpaired) electrons. The molecule has 0 saturated carbocycles. The van der Waals surface area contributed by atoms with Crippen molar-refractivity contribution in [2.75, 3.05) is 31.7 Å². The third-order valence-electron chi connectivity index (χ3n) is 3.08. The minimum Gasteiger partial charge on any atom is -0.380 e. The summed E-state index contributed by atoms with van der Waals surface area (Å²) in [6, 6.07) is 5.70. The lowest BCUT2D eigenvalue weighted by atomic mass is 10.1. The van der Waals surface area contributed by atoms with E-state index in [1.807, 2.05) is 18.2 Å². The number of carbonyl (C=O) groups excluding carboxylic acids is 1. The van der Waals surface area contributed by atoms with Crippen LogP contribution in [0.5, 0.6) is 0 Å². The number of rotatable bonds is 4. The van der Waals surface area contributed by atoms with Crippen LogP contribution < -0.4 is 4.90 Å². The molecule has 4 heteroatoms. The maximum atomic E-state index is 10.7. The van der Waals surface area contributed by atoms with Gasteiger partial charge in [0.2, 0.25) is 0 Å². The number of halogens is 1. The fourth-order valence-corrected chi connectivity index (χ4v) is 2.75. The van der Waals surface area contributed by atoms with Gasteiger partial charge in [0.05, 0.1) is 12.3 Å². The number of ether oxygens (including phenoxy) is 1. The molecular weight excluding hydrogens is 294 g/mol. The largest absolute Gasteiger partial charge is 0.380 e. The van der Waals surface area contributed by atoms with Gasteiger partial charge in [-0.15, -0.1) is 0 Å². The Morgan fingerprint density at radius 1 is 1.50 bits per heavy atom. The van der Waals surface area contributed by atoms with Gasteiger partial charge in [0.1, 0.15) is 6.29 Å². The number of carbonyl (C=O) groups is 1. The summed E-state index contributed by atoms with van der Waals surface area (Å²) >= 11 is 3.52. The number of hydrogen-bond donors (Lipinski definition) is 0. The first kappa shape index (κ1) is 13.3. The van der Waals surface area contributed by atoms with E-state index in [0.717, 1.165) is 42.6 Å². The van der Waals surface area contributed by atoms with E-state index in [-0.39, 0.29) is 0 Å². The number of nitrogens with zero attached hydrogens (tertiary/aromatic N) is 1. The number of anilines is 1. The first-order valence-electron chi connectivity index (χ1n) is 5.91. The Morgan fingerprint density at radius 2 is 2.33 bits per heavy atom. The van der Waals surface area contributed by atoms with Gasteiger partial charge >= 0.3 is 0 Å². The average Bonchev–Trinajstić information content (AvgIpc) is 2.40. The molecule has 0 fully saturated rings. The molecule has 0 unspecified atom stereocenters. The van der Waals surface area contributed by atoms with Crippen molar-refractivity contribution in [3.8, 4) is 0 Å². The second-order valence-electron chi connectivity index (χ2n) is 4.32. The van der Waals surface area contributed by atoms with Gasteiger partial charge in [0, 0.05) is 30.2 Å². The number of methoxy groups -OCH3 is 1. The minimum absolute atomic E-state index is 0.693. The highest BCUT2D eigenvalue weighted by molar-refractivity contribution is 9.10. The molecule has 0 amide bonds. The number of benzene rings is 1. The van der Waals surface area contributed by atoms with Crippen LogP contribution in [0.1, 0.15) is 16.8 Å². The summed E-state index contributed by atoms with van der Waals surface area (Å²) < 4.78 is 6.11. The second kappa shape index (κ2) is 6.16. The summed E-state index contributed by atoms with van der Waals surface area (Å²) in [5.74, 6) is 0. The molecule has 3 nitrogen and oxygen atoms in total. The Bertz CT molecular complexity index is 471. The lowest BCUT2D eigenvalue weighted by molar-refractivity contribution is 0.112. The maximum absolute atomic E-state index is 10.7. The Balaban J connectivity index is 2.12. The van der Waals surface area contributed by atoms with Crippen molar-refractivity contribution in [2.24, 2.45) is 0 Å². The van der Waals surface area contributed by atoms with Crippen LogP contribution in [0, 0.1) is 0 Å². The van der Waals surface area contributed by atoms with Gasteiger partial charge in [0.15, 0.2) is 0 Å². The van der Waals surface area contributed by atoms with E-state index < -0.39 is 0 Å². The highest BCUT2D eigenvalue weighted by Crippen LogP contribution is 2.29. The minimum atomic E-state index is 0.693. The summed E-state index contributed by atoms with van der Waals surface area (Å²) in [5.41, 5.74) is 3.18. The molecule has 0 N–H and O–H groups in total. The first-order valence-corrected chi connectivity index (χ1v) is 6.70. The fourth-order valence-electron chi connectivity index (χ4n) is 2.10. The molecule has 18 heavy (non-hydrogen) atoms. The standard InChI is InChI=1S/C14H16BrNO2/c1-18-10-11-4-6-16(7-5-11)14-3-2-12(9-17)8-13(14)15/h2-4,8-9H,5-7,10H2,1H3. The molecule has 0 spiro atoms.